The van der Waals surface area contributed by atoms with Crippen LogP contribution in [0, 0.1) is 5.41 Å². The molecule has 1 amide bonds. The van der Waals surface area contributed by atoms with Gasteiger partial charge in [-0.25, -0.2) is 4.79 Å². The zero-order valence-electron chi connectivity index (χ0n) is 20.0. The highest BCUT2D eigenvalue weighted by atomic mass is 16.5. The Balaban J connectivity index is 1.44. The Kier molecular flexibility index (Phi) is 6.11. The maximum Gasteiger partial charge on any atom is 0.341 e. The van der Waals surface area contributed by atoms with Crippen LogP contribution in [0.15, 0.2) is 54.6 Å². The largest absolute Gasteiger partial charge is 0.482 e. The zero-order valence-corrected chi connectivity index (χ0v) is 20.0. The molecule has 2 heterocycles. The number of aliphatic carboxylic acids is 1. The summed E-state index contributed by atoms with van der Waals surface area (Å²) in [6.45, 7) is 4.65. The van der Waals surface area contributed by atoms with Gasteiger partial charge in [-0.3, -0.25) is 9.69 Å². The lowest BCUT2D eigenvalue weighted by Gasteiger charge is -2.53. The molecule has 1 aliphatic carbocycles. The number of carbonyl (C=O) groups excluding carboxylic acids is 1. The summed E-state index contributed by atoms with van der Waals surface area (Å²) in [5.74, 6) is -0.210. The van der Waals surface area contributed by atoms with Crippen molar-refractivity contribution >= 4 is 11.9 Å². The average Bonchev–Trinajstić information content (AvgIpc) is 3.10. The van der Waals surface area contributed by atoms with Crippen LogP contribution in [0.25, 0.3) is 0 Å². The van der Waals surface area contributed by atoms with Gasteiger partial charge in [0, 0.05) is 37.0 Å². The second kappa shape index (κ2) is 9.06. The third kappa shape index (κ3) is 4.09. The van der Waals surface area contributed by atoms with Crippen LogP contribution in [0.2, 0.25) is 0 Å². The number of carboxylic acid groups (broad SMARTS) is 1. The first-order valence-corrected chi connectivity index (χ1v) is 12.4. The fraction of sp³-hybridized carbons (Fsp3) is 0.500. The molecule has 6 nitrogen and oxygen atoms in total. The van der Waals surface area contributed by atoms with E-state index in [-0.39, 0.29) is 24.0 Å². The lowest BCUT2D eigenvalue weighted by Crippen LogP contribution is -2.62. The van der Waals surface area contributed by atoms with Gasteiger partial charge < -0.3 is 14.7 Å². The monoisotopic (exact) mass is 462 g/mol. The van der Waals surface area contributed by atoms with E-state index in [0.717, 1.165) is 32.2 Å². The first-order valence-electron chi connectivity index (χ1n) is 12.4. The molecule has 1 saturated carbocycles. The Morgan fingerprint density at radius 1 is 1.03 bits per heavy atom. The summed E-state index contributed by atoms with van der Waals surface area (Å²) in [6.07, 6.45) is 5.42. The normalized spacial score (nSPS) is 30.2. The highest BCUT2D eigenvalue weighted by Gasteiger charge is 2.62. The van der Waals surface area contributed by atoms with E-state index in [1.54, 1.807) is 6.92 Å². The standard InChI is InChI=1S/C28H34N2O4/c1-19(31)30-23(15-20-7-4-3-5-8-20)24-16-28(2)25(9-6-10-26(28)30)29(24)17-21-11-13-22(14-12-21)34-18-27(32)33/h3-5,7-8,11-14,23-26H,6,9-10,15-18H2,1-2H3,(H,32,33)/t23-,24+,25+,26-,28+/m1/s1. The molecule has 5 rings (SSSR count). The molecular formula is C28H34N2O4. The first-order chi connectivity index (χ1) is 16.4. The van der Waals surface area contributed by atoms with Crippen molar-refractivity contribution in [3.05, 3.63) is 65.7 Å². The molecule has 34 heavy (non-hydrogen) atoms. The predicted molar refractivity (Wildman–Crippen MR) is 130 cm³/mol. The van der Waals surface area contributed by atoms with Crippen LogP contribution in [-0.4, -0.2) is 57.6 Å². The average molecular weight is 463 g/mol. The van der Waals surface area contributed by atoms with Crippen LogP contribution >= 0.6 is 0 Å². The molecule has 3 fully saturated rings. The molecule has 180 valence electrons. The van der Waals surface area contributed by atoms with E-state index in [0.29, 0.717) is 23.9 Å². The van der Waals surface area contributed by atoms with Gasteiger partial charge in [0.25, 0.3) is 0 Å². The fourth-order valence-electron chi connectivity index (χ4n) is 7.05. The summed E-state index contributed by atoms with van der Waals surface area (Å²) in [7, 11) is 0. The molecule has 5 atom stereocenters. The number of ether oxygens (including phenoxy) is 1. The molecule has 0 radical (unpaired) electrons. The van der Waals surface area contributed by atoms with E-state index < -0.39 is 5.97 Å². The second-order valence-corrected chi connectivity index (χ2v) is 10.4. The number of benzene rings is 2. The molecule has 6 heteroatoms. The molecule has 2 aromatic rings. The number of hydrogen-bond acceptors (Lipinski definition) is 4. The minimum Gasteiger partial charge on any atom is -0.482 e. The summed E-state index contributed by atoms with van der Waals surface area (Å²) in [4.78, 5) is 28.7. The van der Waals surface area contributed by atoms with E-state index >= 15 is 0 Å². The topological polar surface area (TPSA) is 70.1 Å². The third-order valence-corrected chi connectivity index (χ3v) is 8.39. The van der Waals surface area contributed by atoms with Gasteiger partial charge in [0.1, 0.15) is 5.75 Å². The number of fused-ring (bicyclic) bond motifs is 1. The van der Waals surface area contributed by atoms with Gasteiger partial charge in [-0.05, 0) is 55.4 Å². The Labute approximate surface area is 201 Å². The van der Waals surface area contributed by atoms with Gasteiger partial charge in [0.05, 0.1) is 6.04 Å². The summed E-state index contributed by atoms with van der Waals surface area (Å²) in [5.41, 5.74) is 2.59. The minimum atomic E-state index is -0.979. The van der Waals surface area contributed by atoms with Crippen LogP contribution in [-0.2, 0) is 22.6 Å². The first kappa shape index (κ1) is 22.9. The van der Waals surface area contributed by atoms with Crippen LogP contribution in [0.3, 0.4) is 0 Å². The van der Waals surface area contributed by atoms with Crippen molar-refractivity contribution in [3.63, 3.8) is 0 Å². The van der Waals surface area contributed by atoms with Gasteiger partial charge in [-0.2, -0.15) is 0 Å². The van der Waals surface area contributed by atoms with Gasteiger partial charge >= 0.3 is 5.97 Å². The van der Waals surface area contributed by atoms with Crippen molar-refractivity contribution in [2.75, 3.05) is 6.61 Å². The van der Waals surface area contributed by atoms with Crippen LogP contribution in [0.4, 0.5) is 0 Å². The highest BCUT2D eigenvalue weighted by Crippen LogP contribution is 2.56. The number of carbonyl (C=O) groups is 2. The summed E-state index contributed by atoms with van der Waals surface area (Å²) < 4.78 is 5.31. The van der Waals surface area contributed by atoms with E-state index in [9.17, 15) is 9.59 Å². The smallest absolute Gasteiger partial charge is 0.341 e. The summed E-state index contributed by atoms with van der Waals surface area (Å²) in [6, 6.07) is 19.6. The lowest BCUT2D eigenvalue weighted by atomic mass is 9.64. The molecular weight excluding hydrogens is 428 g/mol. The van der Waals surface area contributed by atoms with E-state index in [1.165, 1.54) is 17.5 Å². The van der Waals surface area contributed by atoms with Crippen molar-refractivity contribution in [1.29, 1.82) is 0 Å². The molecule has 0 aromatic heterocycles. The van der Waals surface area contributed by atoms with E-state index in [2.05, 4.69) is 41.0 Å². The second-order valence-electron chi connectivity index (χ2n) is 10.4. The molecule has 0 spiro atoms. The summed E-state index contributed by atoms with van der Waals surface area (Å²) >= 11 is 0. The van der Waals surface area contributed by atoms with E-state index in [1.807, 2.05) is 30.3 Å². The Bertz CT molecular complexity index is 1040. The number of hydrogen-bond donors (Lipinski definition) is 1. The number of carboxylic acids is 1. The molecule has 2 bridgehead atoms. The molecule has 2 aromatic carbocycles. The SMILES string of the molecule is CC(=O)N1[C@H](Cc2ccccc2)[C@@H]2C[C@@]3(C)[C@H](CCC[C@@H]13)N2Cc1ccc(OCC(=O)O)cc1. The van der Waals surface area contributed by atoms with Crippen molar-refractivity contribution in [2.24, 2.45) is 5.41 Å². The minimum absolute atomic E-state index is 0.117. The van der Waals surface area contributed by atoms with Crippen molar-refractivity contribution in [1.82, 2.24) is 9.80 Å². The van der Waals surface area contributed by atoms with Crippen molar-refractivity contribution in [3.8, 4) is 5.75 Å². The molecule has 0 unspecified atom stereocenters. The molecule has 2 saturated heterocycles. The molecule has 2 aliphatic heterocycles. The third-order valence-electron chi connectivity index (χ3n) is 8.39. The number of piperidine rings is 1. The van der Waals surface area contributed by atoms with Gasteiger partial charge in [-0.1, -0.05) is 49.4 Å². The predicted octanol–water partition coefficient (Wildman–Crippen LogP) is 4.13. The van der Waals surface area contributed by atoms with Crippen LogP contribution < -0.4 is 4.74 Å². The lowest BCUT2D eigenvalue weighted by molar-refractivity contribution is -0.142. The fourth-order valence-corrected chi connectivity index (χ4v) is 7.05. The van der Waals surface area contributed by atoms with Crippen LogP contribution in [0.5, 0.6) is 5.75 Å². The number of nitrogens with zero attached hydrogens (tertiary/aromatic N) is 2. The number of likely N-dealkylation sites (tertiary alicyclic amines) is 2. The maximum absolute atomic E-state index is 13.0. The Hall–Kier alpha value is -2.86. The molecule has 1 N–H and O–H groups in total. The van der Waals surface area contributed by atoms with Gasteiger partial charge in [0.15, 0.2) is 6.61 Å². The van der Waals surface area contributed by atoms with Gasteiger partial charge in [-0.15, -0.1) is 0 Å². The highest BCUT2D eigenvalue weighted by molar-refractivity contribution is 5.75. The van der Waals surface area contributed by atoms with Crippen LogP contribution in [0.1, 0.15) is 50.7 Å². The van der Waals surface area contributed by atoms with Crippen molar-refractivity contribution < 1.29 is 19.4 Å². The maximum atomic E-state index is 13.0. The summed E-state index contributed by atoms with van der Waals surface area (Å²) in [5, 5.41) is 8.84. The number of amides is 1. The Morgan fingerprint density at radius 2 is 1.74 bits per heavy atom. The molecule has 3 aliphatic rings. The number of rotatable bonds is 7. The van der Waals surface area contributed by atoms with Crippen molar-refractivity contribution in [2.45, 2.75) is 76.7 Å². The Morgan fingerprint density at radius 3 is 2.41 bits per heavy atom. The zero-order chi connectivity index (χ0) is 23.9. The van der Waals surface area contributed by atoms with E-state index in [4.69, 9.17) is 9.84 Å². The van der Waals surface area contributed by atoms with Gasteiger partial charge in [0.2, 0.25) is 5.91 Å². The quantitative estimate of drug-likeness (QED) is 0.670.